The van der Waals surface area contributed by atoms with Gasteiger partial charge in [-0.15, -0.1) is 11.3 Å². The van der Waals surface area contributed by atoms with E-state index in [-0.39, 0.29) is 12.0 Å². The predicted octanol–water partition coefficient (Wildman–Crippen LogP) is 3.85. The summed E-state index contributed by atoms with van der Waals surface area (Å²) in [6, 6.07) is 14.5. The van der Waals surface area contributed by atoms with Gasteiger partial charge < -0.3 is 14.6 Å². The van der Waals surface area contributed by atoms with Gasteiger partial charge >= 0.3 is 0 Å². The van der Waals surface area contributed by atoms with Gasteiger partial charge in [0.1, 0.15) is 5.69 Å². The number of carbonyl (C=O) groups excluding carboxylic acids is 1. The van der Waals surface area contributed by atoms with Crippen LogP contribution in [0.1, 0.15) is 28.9 Å². The lowest BCUT2D eigenvalue weighted by Gasteiger charge is -2.13. The maximum Gasteiger partial charge on any atom is 0.268 e. The molecule has 0 bridgehead atoms. The minimum absolute atomic E-state index is 0.00744. The summed E-state index contributed by atoms with van der Waals surface area (Å²) >= 11 is 1.68. The predicted molar refractivity (Wildman–Crippen MR) is 101 cm³/mol. The summed E-state index contributed by atoms with van der Waals surface area (Å²) in [5, 5.41) is 5.13. The Kier molecular flexibility index (Phi) is 4.85. The molecule has 1 fully saturated rings. The first-order valence-electron chi connectivity index (χ1n) is 8.82. The Morgan fingerprint density at radius 2 is 2.16 bits per heavy atom. The molecule has 3 aromatic rings. The van der Waals surface area contributed by atoms with Crippen LogP contribution in [0.3, 0.4) is 0 Å². The Hall–Kier alpha value is -2.11. The molecule has 1 aromatic carbocycles. The van der Waals surface area contributed by atoms with Crippen LogP contribution < -0.4 is 5.32 Å². The van der Waals surface area contributed by atoms with Crippen molar-refractivity contribution in [3.63, 3.8) is 0 Å². The second-order valence-electron chi connectivity index (χ2n) is 6.43. The molecule has 1 aliphatic rings. The summed E-state index contributed by atoms with van der Waals surface area (Å²) in [5.74, 6) is -0.00744. The third-order valence-electron chi connectivity index (χ3n) is 4.74. The van der Waals surface area contributed by atoms with Crippen LogP contribution in [-0.4, -0.2) is 29.7 Å². The van der Waals surface area contributed by atoms with Crippen molar-refractivity contribution in [2.24, 2.45) is 0 Å². The first kappa shape index (κ1) is 16.4. The number of amides is 1. The molecule has 1 unspecified atom stereocenters. The fourth-order valence-electron chi connectivity index (χ4n) is 3.39. The minimum atomic E-state index is -0.00744. The number of aromatic nitrogens is 1. The summed E-state index contributed by atoms with van der Waals surface area (Å²) in [4.78, 5) is 12.7. The van der Waals surface area contributed by atoms with Gasteiger partial charge in [0.05, 0.1) is 16.3 Å². The molecule has 1 aliphatic heterocycles. The van der Waals surface area contributed by atoms with E-state index in [2.05, 4.69) is 45.6 Å². The van der Waals surface area contributed by atoms with E-state index >= 15 is 0 Å². The van der Waals surface area contributed by atoms with Crippen molar-refractivity contribution in [1.29, 1.82) is 0 Å². The fourth-order valence-corrected chi connectivity index (χ4v) is 4.22. The molecular formula is C20H22N2O2S. The van der Waals surface area contributed by atoms with Crippen molar-refractivity contribution in [2.45, 2.75) is 31.9 Å². The van der Waals surface area contributed by atoms with Crippen molar-refractivity contribution in [3.8, 4) is 0 Å². The van der Waals surface area contributed by atoms with E-state index in [9.17, 15) is 4.79 Å². The van der Waals surface area contributed by atoms with Crippen LogP contribution in [0.25, 0.3) is 10.2 Å². The van der Waals surface area contributed by atoms with Crippen molar-refractivity contribution >= 4 is 27.5 Å². The largest absolute Gasteiger partial charge is 0.376 e. The van der Waals surface area contributed by atoms with Crippen LogP contribution in [0.5, 0.6) is 0 Å². The second kappa shape index (κ2) is 7.42. The van der Waals surface area contributed by atoms with Crippen molar-refractivity contribution in [3.05, 3.63) is 59.1 Å². The molecule has 1 N–H and O–H groups in total. The first-order chi connectivity index (χ1) is 12.3. The molecule has 0 spiro atoms. The number of hydrogen-bond donors (Lipinski definition) is 1. The molecule has 0 aliphatic carbocycles. The summed E-state index contributed by atoms with van der Waals surface area (Å²) in [6.45, 7) is 2.20. The average molecular weight is 354 g/mol. The summed E-state index contributed by atoms with van der Waals surface area (Å²) in [5.41, 5.74) is 3.17. The summed E-state index contributed by atoms with van der Waals surface area (Å²) in [7, 11) is 0. The highest BCUT2D eigenvalue weighted by Gasteiger charge is 2.20. The minimum Gasteiger partial charge on any atom is -0.376 e. The molecule has 4 nitrogen and oxygen atoms in total. The number of ether oxygens (including phenoxy) is 1. The topological polar surface area (TPSA) is 43.3 Å². The SMILES string of the molecule is O=C(NCC1CCCO1)c1cc2sccc2n1CCc1ccccc1. The molecular weight excluding hydrogens is 332 g/mol. The van der Waals surface area contributed by atoms with Gasteiger partial charge in [-0.1, -0.05) is 30.3 Å². The molecule has 1 atom stereocenters. The number of thiophene rings is 1. The molecule has 5 heteroatoms. The molecule has 130 valence electrons. The number of hydrogen-bond acceptors (Lipinski definition) is 3. The van der Waals surface area contributed by atoms with Crippen LogP contribution in [0.4, 0.5) is 0 Å². The first-order valence-corrected chi connectivity index (χ1v) is 9.70. The van der Waals surface area contributed by atoms with Crippen LogP contribution in [0, 0.1) is 0 Å². The highest BCUT2D eigenvalue weighted by molar-refractivity contribution is 7.17. The highest BCUT2D eigenvalue weighted by atomic mass is 32.1. The lowest BCUT2D eigenvalue weighted by atomic mass is 10.1. The Morgan fingerprint density at radius 1 is 1.28 bits per heavy atom. The van der Waals surface area contributed by atoms with Gasteiger partial charge in [-0.05, 0) is 42.3 Å². The maximum absolute atomic E-state index is 12.7. The van der Waals surface area contributed by atoms with E-state index in [4.69, 9.17) is 4.74 Å². The van der Waals surface area contributed by atoms with E-state index in [1.807, 2.05) is 12.1 Å². The molecule has 4 rings (SSSR count). The van der Waals surface area contributed by atoms with Crippen LogP contribution in [-0.2, 0) is 17.7 Å². The Bertz CT molecular complexity index is 847. The average Bonchev–Trinajstić information content (AvgIpc) is 3.36. The van der Waals surface area contributed by atoms with Gasteiger partial charge in [-0.2, -0.15) is 0 Å². The number of nitrogens with zero attached hydrogens (tertiary/aromatic N) is 1. The molecule has 0 saturated carbocycles. The molecule has 2 aromatic heterocycles. The van der Waals surface area contributed by atoms with Gasteiger partial charge in [0, 0.05) is 19.7 Å². The normalized spacial score (nSPS) is 17.2. The molecule has 1 saturated heterocycles. The Labute approximate surface area is 151 Å². The quantitative estimate of drug-likeness (QED) is 0.730. The second-order valence-corrected chi connectivity index (χ2v) is 7.38. The van der Waals surface area contributed by atoms with Gasteiger partial charge in [0.15, 0.2) is 0 Å². The van der Waals surface area contributed by atoms with E-state index in [1.165, 1.54) is 5.56 Å². The van der Waals surface area contributed by atoms with Gasteiger partial charge in [-0.3, -0.25) is 4.79 Å². The number of fused-ring (bicyclic) bond motifs is 1. The molecule has 3 heterocycles. The van der Waals surface area contributed by atoms with E-state index in [0.717, 1.165) is 48.3 Å². The van der Waals surface area contributed by atoms with Crippen LogP contribution in [0.15, 0.2) is 47.8 Å². The van der Waals surface area contributed by atoms with E-state index in [1.54, 1.807) is 11.3 Å². The maximum atomic E-state index is 12.7. The summed E-state index contributed by atoms with van der Waals surface area (Å²) in [6.07, 6.45) is 3.19. The van der Waals surface area contributed by atoms with Gasteiger partial charge in [0.25, 0.3) is 5.91 Å². The highest BCUT2D eigenvalue weighted by Crippen LogP contribution is 2.26. The number of benzene rings is 1. The van der Waals surface area contributed by atoms with E-state index < -0.39 is 0 Å². The lowest BCUT2D eigenvalue weighted by molar-refractivity contribution is 0.0850. The van der Waals surface area contributed by atoms with Crippen molar-refractivity contribution < 1.29 is 9.53 Å². The smallest absolute Gasteiger partial charge is 0.268 e. The van der Waals surface area contributed by atoms with Gasteiger partial charge in [0.2, 0.25) is 0 Å². The third-order valence-corrected chi connectivity index (χ3v) is 5.59. The fraction of sp³-hybridized carbons (Fsp3) is 0.350. The number of aryl methyl sites for hydroxylation is 2. The molecule has 0 radical (unpaired) electrons. The zero-order chi connectivity index (χ0) is 17.1. The summed E-state index contributed by atoms with van der Waals surface area (Å²) < 4.78 is 8.90. The van der Waals surface area contributed by atoms with Crippen LogP contribution >= 0.6 is 11.3 Å². The molecule has 1 amide bonds. The van der Waals surface area contributed by atoms with Crippen molar-refractivity contribution in [1.82, 2.24) is 9.88 Å². The monoisotopic (exact) mass is 354 g/mol. The lowest BCUT2D eigenvalue weighted by Crippen LogP contribution is -2.33. The number of nitrogens with one attached hydrogen (secondary N) is 1. The zero-order valence-corrected chi connectivity index (χ0v) is 14.9. The Morgan fingerprint density at radius 3 is 2.96 bits per heavy atom. The number of rotatable bonds is 6. The van der Waals surface area contributed by atoms with E-state index in [0.29, 0.717) is 6.54 Å². The Balaban J connectivity index is 1.51. The van der Waals surface area contributed by atoms with Crippen molar-refractivity contribution in [2.75, 3.05) is 13.2 Å². The third kappa shape index (κ3) is 3.62. The number of carbonyl (C=O) groups is 1. The zero-order valence-electron chi connectivity index (χ0n) is 14.1. The van der Waals surface area contributed by atoms with Crippen LogP contribution in [0.2, 0.25) is 0 Å². The van der Waals surface area contributed by atoms with Gasteiger partial charge in [-0.25, -0.2) is 0 Å². The molecule has 25 heavy (non-hydrogen) atoms. The standard InChI is InChI=1S/C20H22N2O2S/c23-20(21-14-16-7-4-11-24-16)18-13-19-17(9-12-25-19)22(18)10-8-15-5-2-1-3-6-15/h1-3,5-6,9,12-13,16H,4,7-8,10-11,14H2,(H,21,23).